The predicted molar refractivity (Wildman–Crippen MR) is 88.7 cm³/mol. The first-order valence-corrected chi connectivity index (χ1v) is 7.72. The summed E-state index contributed by atoms with van der Waals surface area (Å²) in [6, 6.07) is 16.7. The maximum atomic E-state index is 13.0. The molecule has 0 aliphatic carbocycles. The van der Waals surface area contributed by atoms with E-state index in [1.54, 1.807) is 10.6 Å². The molecule has 1 aliphatic rings. The molecule has 0 bridgehead atoms. The largest absolute Gasteiger partial charge is 0.392 e. The van der Waals surface area contributed by atoms with Crippen LogP contribution in [0.5, 0.6) is 0 Å². The number of hydrogen-bond acceptors (Lipinski definition) is 4. The quantitative estimate of drug-likeness (QED) is 0.757. The first-order chi connectivity index (χ1) is 11.2. The molecular weight excluding hydrogens is 290 g/mol. The lowest BCUT2D eigenvalue weighted by Crippen LogP contribution is -2.28. The fourth-order valence-electron chi connectivity index (χ4n) is 3.12. The Kier molecular flexibility index (Phi) is 3.44. The second-order valence-corrected chi connectivity index (χ2v) is 5.81. The molecule has 0 saturated carbocycles. The van der Waals surface area contributed by atoms with Gasteiger partial charge in [0.25, 0.3) is 5.56 Å². The van der Waals surface area contributed by atoms with Crippen LogP contribution >= 0.6 is 0 Å². The van der Waals surface area contributed by atoms with Gasteiger partial charge in [0.2, 0.25) is 0 Å². The van der Waals surface area contributed by atoms with E-state index >= 15 is 0 Å². The molecule has 0 amide bonds. The van der Waals surface area contributed by atoms with E-state index in [0.29, 0.717) is 29.7 Å². The minimum atomic E-state index is -0.410. The van der Waals surface area contributed by atoms with Crippen molar-refractivity contribution >= 4 is 10.9 Å². The van der Waals surface area contributed by atoms with Crippen molar-refractivity contribution in [2.45, 2.75) is 18.6 Å². The summed E-state index contributed by atoms with van der Waals surface area (Å²) in [4.78, 5) is 17.7. The minimum absolute atomic E-state index is 0.0833. The maximum absolute atomic E-state index is 13.0. The van der Waals surface area contributed by atoms with Gasteiger partial charge in [-0.25, -0.2) is 4.98 Å². The lowest BCUT2D eigenvalue weighted by molar-refractivity contribution is 0.193. The number of aliphatic hydroxyl groups is 1. The molecule has 1 aromatic heterocycles. The second kappa shape index (κ2) is 5.61. The van der Waals surface area contributed by atoms with Gasteiger partial charge in [-0.05, 0) is 30.7 Å². The van der Waals surface area contributed by atoms with E-state index in [4.69, 9.17) is 4.98 Å². The van der Waals surface area contributed by atoms with Crippen molar-refractivity contribution in [1.29, 1.82) is 0 Å². The zero-order chi connectivity index (χ0) is 15.8. The molecule has 0 unspecified atom stereocenters. The number of fused-ring (bicyclic) bond motifs is 1. The molecule has 5 heteroatoms. The Labute approximate surface area is 133 Å². The van der Waals surface area contributed by atoms with Crippen molar-refractivity contribution in [3.63, 3.8) is 0 Å². The Morgan fingerprint density at radius 3 is 2.57 bits per heavy atom. The highest BCUT2D eigenvalue weighted by Crippen LogP contribution is 2.24. The monoisotopic (exact) mass is 307 g/mol. The van der Waals surface area contributed by atoms with E-state index in [-0.39, 0.29) is 11.6 Å². The summed E-state index contributed by atoms with van der Waals surface area (Å²) in [5.74, 6) is 0.649. The maximum Gasteiger partial charge on any atom is 0.266 e. The van der Waals surface area contributed by atoms with E-state index in [1.807, 2.05) is 48.5 Å². The summed E-state index contributed by atoms with van der Waals surface area (Å²) in [6.45, 7) is 0.516. The van der Waals surface area contributed by atoms with Crippen molar-refractivity contribution in [1.82, 2.24) is 14.9 Å². The van der Waals surface area contributed by atoms with Gasteiger partial charge < -0.3 is 10.4 Å². The highest BCUT2D eigenvalue weighted by molar-refractivity contribution is 5.77. The summed E-state index contributed by atoms with van der Waals surface area (Å²) in [5, 5.41) is 13.7. The van der Waals surface area contributed by atoms with Crippen LogP contribution in [-0.2, 0) is 0 Å². The van der Waals surface area contributed by atoms with Gasteiger partial charge >= 0.3 is 0 Å². The van der Waals surface area contributed by atoms with Crippen LogP contribution in [-0.4, -0.2) is 27.3 Å². The lowest BCUT2D eigenvalue weighted by atomic mass is 10.1. The average Bonchev–Trinajstić information content (AvgIpc) is 3.02. The summed E-state index contributed by atoms with van der Waals surface area (Å²) >= 11 is 0. The molecule has 3 aromatic rings. The Hall–Kier alpha value is -2.50. The van der Waals surface area contributed by atoms with Crippen LogP contribution in [0.4, 0.5) is 0 Å². The summed E-state index contributed by atoms with van der Waals surface area (Å²) in [5.41, 5.74) is 1.39. The number of nitrogens with zero attached hydrogens (tertiary/aromatic N) is 2. The van der Waals surface area contributed by atoms with Crippen molar-refractivity contribution in [3.05, 3.63) is 70.8 Å². The summed E-state index contributed by atoms with van der Waals surface area (Å²) in [6.07, 6.45) is 0.144. The summed E-state index contributed by atoms with van der Waals surface area (Å²) in [7, 11) is 0. The Morgan fingerprint density at radius 2 is 1.83 bits per heavy atom. The third kappa shape index (κ3) is 2.44. The van der Waals surface area contributed by atoms with Gasteiger partial charge in [-0.3, -0.25) is 9.36 Å². The van der Waals surface area contributed by atoms with Crippen molar-refractivity contribution in [2.75, 3.05) is 6.54 Å². The van der Waals surface area contributed by atoms with Crippen molar-refractivity contribution in [2.24, 2.45) is 0 Å². The van der Waals surface area contributed by atoms with Crippen LogP contribution in [0.25, 0.3) is 16.6 Å². The van der Waals surface area contributed by atoms with Crippen LogP contribution in [0.3, 0.4) is 0 Å². The first-order valence-electron chi connectivity index (χ1n) is 7.72. The van der Waals surface area contributed by atoms with E-state index in [9.17, 15) is 9.90 Å². The number of aromatic nitrogens is 2. The smallest absolute Gasteiger partial charge is 0.266 e. The SMILES string of the molecule is O=c1c2ccccc2nc([C@@H]2C[C@H](O)CN2)n1-c1ccccc1. The van der Waals surface area contributed by atoms with Gasteiger partial charge in [0.1, 0.15) is 5.82 Å². The van der Waals surface area contributed by atoms with Gasteiger partial charge in [-0.1, -0.05) is 30.3 Å². The molecule has 116 valence electrons. The van der Waals surface area contributed by atoms with Crippen LogP contribution in [0.15, 0.2) is 59.4 Å². The number of nitrogens with one attached hydrogen (secondary N) is 1. The highest BCUT2D eigenvalue weighted by atomic mass is 16.3. The Morgan fingerprint density at radius 1 is 1.09 bits per heavy atom. The standard InChI is InChI=1S/C18H17N3O2/c22-13-10-16(19-11-13)17-20-15-9-5-4-8-14(15)18(23)21(17)12-6-2-1-3-7-12/h1-9,13,16,19,22H,10-11H2/t13-,16-/m0/s1. The Bertz CT molecular complexity index is 905. The van der Waals surface area contributed by atoms with Crippen molar-refractivity contribution in [3.8, 4) is 5.69 Å². The fraction of sp³-hybridized carbons (Fsp3) is 0.222. The molecule has 2 heterocycles. The van der Waals surface area contributed by atoms with Crippen LogP contribution in [0.1, 0.15) is 18.3 Å². The minimum Gasteiger partial charge on any atom is -0.392 e. The molecule has 5 nitrogen and oxygen atoms in total. The molecule has 2 N–H and O–H groups in total. The van der Waals surface area contributed by atoms with Crippen molar-refractivity contribution < 1.29 is 5.11 Å². The number of hydrogen-bond donors (Lipinski definition) is 2. The van der Waals surface area contributed by atoms with Crippen LogP contribution in [0, 0.1) is 0 Å². The third-order valence-corrected chi connectivity index (χ3v) is 4.24. The number of β-amino-alcohol motifs (C(OH)–C–C–N with tert-alkyl or cyclic N) is 1. The zero-order valence-electron chi connectivity index (χ0n) is 12.5. The number of rotatable bonds is 2. The number of para-hydroxylation sites is 2. The Balaban J connectivity index is 2.01. The zero-order valence-corrected chi connectivity index (χ0v) is 12.5. The molecule has 2 atom stereocenters. The van der Waals surface area contributed by atoms with Gasteiger partial charge in [0.05, 0.1) is 28.7 Å². The number of aliphatic hydroxyl groups excluding tert-OH is 1. The topological polar surface area (TPSA) is 67.2 Å². The average molecular weight is 307 g/mol. The third-order valence-electron chi connectivity index (χ3n) is 4.24. The highest BCUT2D eigenvalue weighted by Gasteiger charge is 2.28. The predicted octanol–water partition coefficient (Wildman–Crippen LogP) is 1.78. The molecule has 23 heavy (non-hydrogen) atoms. The van der Waals surface area contributed by atoms with Crippen LogP contribution < -0.4 is 10.9 Å². The lowest BCUT2D eigenvalue weighted by Gasteiger charge is -2.18. The molecule has 4 rings (SSSR count). The van der Waals surface area contributed by atoms with E-state index in [1.165, 1.54) is 0 Å². The number of benzene rings is 2. The van der Waals surface area contributed by atoms with Gasteiger partial charge in [-0.15, -0.1) is 0 Å². The second-order valence-electron chi connectivity index (χ2n) is 5.81. The molecular formula is C18H17N3O2. The molecule has 1 aliphatic heterocycles. The van der Waals surface area contributed by atoms with Gasteiger partial charge in [-0.2, -0.15) is 0 Å². The normalized spacial score (nSPS) is 20.9. The van der Waals surface area contributed by atoms with E-state index < -0.39 is 6.10 Å². The van der Waals surface area contributed by atoms with E-state index in [2.05, 4.69) is 5.32 Å². The summed E-state index contributed by atoms with van der Waals surface area (Å²) < 4.78 is 1.65. The fourth-order valence-corrected chi connectivity index (χ4v) is 3.12. The molecule has 2 aromatic carbocycles. The van der Waals surface area contributed by atoms with Crippen LogP contribution in [0.2, 0.25) is 0 Å². The van der Waals surface area contributed by atoms with E-state index in [0.717, 1.165) is 5.69 Å². The van der Waals surface area contributed by atoms with Gasteiger partial charge in [0, 0.05) is 6.54 Å². The molecule has 1 fully saturated rings. The molecule has 0 spiro atoms. The molecule has 1 saturated heterocycles. The van der Waals surface area contributed by atoms with Gasteiger partial charge in [0.15, 0.2) is 0 Å². The molecule has 0 radical (unpaired) electrons. The first kappa shape index (κ1) is 14.1.